The zero-order valence-corrected chi connectivity index (χ0v) is 31.7. The van der Waals surface area contributed by atoms with E-state index in [1.54, 1.807) is 25.2 Å². The molecular formula is C39H49NO13. The first kappa shape index (κ1) is 41.0. The van der Waals surface area contributed by atoms with E-state index in [0.717, 1.165) is 6.08 Å². The lowest BCUT2D eigenvalue weighted by molar-refractivity contribution is -0.236. The molecule has 14 heteroatoms. The lowest BCUT2D eigenvalue weighted by atomic mass is 9.77. The summed E-state index contributed by atoms with van der Waals surface area (Å²) in [5.74, 6) is -6.69. The Kier molecular flexibility index (Phi) is 12.7. The van der Waals surface area contributed by atoms with Gasteiger partial charge in [-0.2, -0.15) is 0 Å². The number of phenols is 1. The zero-order chi connectivity index (χ0) is 39.5. The molecule has 0 saturated carbocycles. The molecule has 3 aliphatic rings. The Balaban J connectivity index is 1.52. The van der Waals surface area contributed by atoms with E-state index in [9.17, 15) is 29.1 Å². The number of esters is 2. The summed E-state index contributed by atoms with van der Waals surface area (Å²) in [5.41, 5.74) is 5.04. The Bertz CT molecular complexity index is 1770. The van der Waals surface area contributed by atoms with Crippen LogP contribution in [0, 0.1) is 30.6 Å². The van der Waals surface area contributed by atoms with E-state index >= 15 is 0 Å². The first-order valence-electron chi connectivity index (χ1n) is 17.3. The summed E-state index contributed by atoms with van der Waals surface area (Å²) in [6.07, 6.45) is 7.07. The molecule has 4 rings (SSSR count). The van der Waals surface area contributed by atoms with Gasteiger partial charge in [-0.25, -0.2) is 4.79 Å². The number of carbonyl (C=O) groups is 5. The summed E-state index contributed by atoms with van der Waals surface area (Å²) in [5, 5.41) is 10.8. The molecule has 1 aromatic rings. The van der Waals surface area contributed by atoms with Gasteiger partial charge in [0.1, 0.15) is 24.4 Å². The molecule has 288 valence electrons. The number of aromatic hydroxyl groups is 1. The first-order chi connectivity index (χ1) is 24.9. The van der Waals surface area contributed by atoms with E-state index in [4.69, 9.17) is 38.9 Å². The van der Waals surface area contributed by atoms with Crippen molar-refractivity contribution in [3.63, 3.8) is 0 Å². The summed E-state index contributed by atoms with van der Waals surface area (Å²) in [7, 11) is 2.80. The number of methoxy groups -OCH3 is 2. The molecular weight excluding hydrogens is 690 g/mol. The van der Waals surface area contributed by atoms with Gasteiger partial charge >= 0.3 is 17.7 Å². The largest absolute Gasteiger partial charge is 0.507 e. The average Bonchev–Trinajstić information content (AvgIpc) is 3.38. The minimum absolute atomic E-state index is 0.0285. The minimum atomic E-state index is -1.97. The second kappa shape index (κ2) is 16.5. The quantitative estimate of drug-likeness (QED) is 0.123. The predicted molar refractivity (Wildman–Crippen MR) is 190 cm³/mol. The summed E-state index contributed by atoms with van der Waals surface area (Å²) in [6, 6.07) is 0. The maximum atomic E-state index is 13.8. The van der Waals surface area contributed by atoms with E-state index in [-0.39, 0.29) is 70.5 Å². The maximum Gasteiger partial charge on any atom is 0.333 e. The van der Waals surface area contributed by atoms with E-state index in [0.29, 0.717) is 5.57 Å². The van der Waals surface area contributed by atoms with Crippen molar-refractivity contribution >= 4 is 29.3 Å². The number of benzene rings is 1. The first-order valence-corrected chi connectivity index (χ1v) is 17.3. The van der Waals surface area contributed by atoms with Crippen molar-refractivity contribution in [1.29, 1.82) is 0 Å². The highest BCUT2D eigenvalue weighted by molar-refractivity contribution is 6.30. The number of Topliss-reactive ketones (excluding diaryl/α,β-unsaturated/α-hetero) is 2. The Morgan fingerprint density at radius 1 is 1.04 bits per heavy atom. The summed E-state index contributed by atoms with van der Waals surface area (Å²) in [6.45, 7) is 13.6. The molecule has 14 nitrogen and oxygen atoms in total. The van der Waals surface area contributed by atoms with E-state index in [1.165, 1.54) is 41.3 Å². The number of phenolic OH excluding ortho intramolecular Hbond substituents is 1. The number of carbonyl (C=O) groups excluding carboxylic acids is 5. The highest BCUT2D eigenvalue weighted by atomic mass is 16.7. The van der Waals surface area contributed by atoms with Gasteiger partial charge in [0.05, 0.1) is 54.1 Å². The second-order valence-electron chi connectivity index (χ2n) is 13.9. The van der Waals surface area contributed by atoms with Crippen molar-refractivity contribution in [3.8, 4) is 11.5 Å². The van der Waals surface area contributed by atoms with Gasteiger partial charge in [0.2, 0.25) is 5.78 Å². The van der Waals surface area contributed by atoms with Gasteiger partial charge in [-0.05, 0) is 19.9 Å². The van der Waals surface area contributed by atoms with Crippen molar-refractivity contribution in [2.75, 3.05) is 21.0 Å². The summed E-state index contributed by atoms with van der Waals surface area (Å²) in [4.78, 5) is 63.6. The highest BCUT2D eigenvalue weighted by Gasteiger charge is 2.51. The smallest absolute Gasteiger partial charge is 0.333 e. The molecule has 0 radical (unpaired) electrons. The average molecular weight is 740 g/mol. The van der Waals surface area contributed by atoms with Crippen LogP contribution in [0.1, 0.15) is 85.1 Å². The lowest BCUT2D eigenvalue weighted by Crippen LogP contribution is -2.51. The number of hydrogen-bond donors (Lipinski definition) is 2. The molecule has 9 atom stereocenters. The molecule has 53 heavy (non-hydrogen) atoms. The third kappa shape index (κ3) is 8.09. The molecule has 2 heterocycles. The number of fused-ring (bicyclic) bond motifs is 3. The van der Waals surface area contributed by atoms with Crippen LogP contribution in [0.15, 0.2) is 47.9 Å². The van der Waals surface area contributed by atoms with E-state index in [2.05, 4.69) is 0 Å². The fourth-order valence-corrected chi connectivity index (χ4v) is 7.26. The zero-order valence-electron chi connectivity index (χ0n) is 31.7. The number of ether oxygens (including phenoxy) is 7. The van der Waals surface area contributed by atoms with E-state index < -0.39 is 59.0 Å². The van der Waals surface area contributed by atoms with Crippen molar-refractivity contribution in [1.82, 2.24) is 0 Å². The van der Waals surface area contributed by atoms with Crippen LogP contribution in [0.5, 0.6) is 11.5 Å². The molecule has 3 N–H and O–H groups in total. The monoisotopic (exact) mass is 739 g/mol. The van der Waals surface area contributed by atoms with Crippen LogP contribution in [0.25, 0.3) is 0 Å². The summed E-state index contributed by atoms with van der Waals surface area (Å²) >= 11 is 0. The van der Waals surface area contributed by atoms with Crippen molar-refractivity contribution in [2.24, 2.45) is 29.4 Å². The highest BCUT2D eigenvalue weighted by Crippen LogP contribution is 2.47. The molecule has 0 bridgehead atoms. The van der Waals surface area contributed by atoms with Crippen LogP contribution in [-0.2, 0) is 38.0 Å². The molecule has 9 unspecified atom stereocenters. The Hall–Kier alpha value is -4.79. The van der Waals surface area contributed by atoms with Gasteiger partial charge in [0.15, 0.2) is 5.78 Å². The van der Waals surface area contributed by atoms with Crippen LogP contribution in [0.4, 0.5) is 0 Å². The van der Waals surface area contributed by atoms with Gasteiger partial charge in [-0.3, -0.25) is 19.2 Å². The maximum absolute atomic E-state index is 13.8. The third-order valence-corrected chi connectivity index (χ3v) is 10.2. The van der Waals surface area contributed by atoms with Crippen LogP contribution >= 0.6 is 0 Å². The normalized spacial score (nSPS) is 25.9. The Morgan fingerprint density at radius 3 is 2.32 bits per heavy atom. The molecule has 1 saturated heterocycles. The molecule has 0 aromatic heterocycles. The lowest BCUT2D eigenvalue weighted by Gasteiger charge is -2.44. The van der Waals surface area contributed by atoms with Gasteiger partial charge in [0.25, 0.3) is 5.78 Å². The van der Waals surface area contributed by atoms with Gasteiger partial charge in [-0.15, -0.1) is 0 Å². The number of rotatable bonds is 13. The van der Waals surface area contributed by atoms with Gasteiger partial charge in [0, 0.05) is 61.8 Å². The Morgan fingerprint density at radius 2 is 1.70 bits per heavy atom. The van der Waals surface area contributed by atoms with Crippen molar-refractivity contribution in [3.05, 3.63) is 70.2 Å². The van der Waals surface area contributed by atoms with Crippen LogP contribution in [0.3, 0.4) is 0 Å². The number of allylic oxidation sites excluding steroid dienone is 4. The summed E-state index contributed by atoms with van der Waals surface area (Å²) < 4.78 is 40.3. The SMILES string of the molecule is COC(=O)/C(C)=C/C=C/C(C)C1OCOC(C(C)C(OC(C)=O)C(C)C(/C=C/OC2(C)Oc3c(C)c(O)c4c(c3C2=O)C(=O)C=C(N)C4=O)OC)C1C. The fourth-order valence-electron chi connectivity index (χ4n) is 7.26. The molecule has 2 aliphatic heterocycles. The number of hydrogen-bond acceptors (Lipinski definition) is 14. The second-order valence-corrected chi connectivity index (χ2v) is 13.9. The standard InChI is InChI=1S/C39H49NO13/c1-18(12-11-13-19(2)38(46)48-10)33-22(5)34(50-17-49-33)23(6)35(52-24(7)41)20(3)27(47-9)14-15-51-39(8)37(45)30-28-26(42)16-25(40)32(44)29(28)31(43)21(4)36(30)53-39/h11-16,18,20,22-23,27,33-35,43H,17,40H2,1-10H3/b12-11+,15-14+,19-13+. The predicted octanol–water partition coefficient (Wildman–Crippen LogP) is 4.65. The molecule has 1 fully saturated rings. The number of nitrogens with two attached hydrogens (primary N) is 1. The molecule has 0 spiro atoms. The van der Waals surface area contributed by atoms with Crippen molar-refractivity contribution in [2.45, 2.75) is 85.6 Å². The van der Waals surface area contributed by atoms with Crippen LogP contribution in [0.2, 0.25) is 0 Å². The Labute approximate surface area is 308 Å². The fraction of sp³-hybridized carbons (Fsp3) is 0.513. The number of ketones is 3. The van der Waals surface area contributed by atoms with Crippen LogP contribution in [-0.4, -0.2) is 85.6 Å². The molecule has 1 aromatic carbocycles. The minimum Gasteiger partial charge on any atom is -0.507 e. The van der Waals surface area contributed by atoms with Crippen molar-refractivity contribution < 1.29 is 62.2 Å². The topological polar surface area (TPSA) is 196 Å². The molecule has 1 aliphatic carbocycles. The van der Waals surface area contributed by atoms with E-state index in [1.807, 2.05) is 33.8 Å². The third-order valence-electron chi connectivity index (χ3n) is 10.2. The van der Waals surface area contributed by atoms with Gasteiger partial charge < -0.3 is 44.0 Å². The van der Waals surface area contributed by atoms with Gasteiger partial charge in [-0.1, -0.05) is 45.9 Å². The van der Waals surface area contributed by atoms with Crippen LogP contribution < -0.4 is 10.5 Å². The molecule has 0 amide bonds.